The highest BCUT2D eigenvalue weighted by Gasteiger charge is 2.35. The molecule has 0 spiro atoms. The molecule has 8 heteroatoms. The maximum Gasteiger partial charge on any atom is 0.408 e. The number of hydrogen-bond acceptors (Lipinski definition) is 4. The molecule has 0 saturated carbocycles. The molecule has 3 rings (SSSR count). The number of benzene rings is 2. The average Bonchev–Trinajstić information content (AvgIpc) is 2.65. The van der Waals surface area contributed by atoms with Gasteiger partial charge in [-0.1, -0.05) is 12.1 Å². The zero-order valence-electron chi connectivity index (χ0n) is 14.1. The van der Waals surface area contributed by atoms with Crippen LogP contribution < -0.4 is 4.74 Å². The first-order chi connectivity index (χ1) is 12.9. The maximum absolute atomic E-state index is 14.3. The molecule has 2 aromatic rings. The largest absolute Gasteiger partial charge is 0.482 e. The third-order valence-corrected chi connectivity index (χ3v) is 4.39. The van der Waals surface area contributed by atoms with Crippen molar-refractivity contribution >= 4 is 12.1 Å². The van der Waals surface area contributed by atoms with Crippen molar-refractivity contribution in [3.63, 3.8) is 0 Å². The van der Waals surface area contributed by atoms with Crippen molar-refractivity contribution in [3.05, 3.63) is 64.5 Å². The zero-order chi connectivity index (χ0) is 19.6. The van der Waals surface area contributed by atoms with Crippen LogP contribution in [0.1, 0.15) is 28.3 Å². The Labute approximate surface area is 153 Å². The Morgan fingerprint density at radius 1 is 1.26 bits per heavy atom. The van der Waals surface area contributed by atoms with Crippen molar-refractivity contribution in [2.75, 3.05) is 13.2 Å². The second-order valence-corrected chi connectivity index (χ2v) is 5.98. The first-order valence-corrected chi connectivity index (χ1v) is 8.08. The van der Waals surface area contributed by atoms with Gasteiger partial charge in [-0.05, 0) is 41.8 Å². The van der Waals surface area contributed by atoms with Crippen molar-refractivity contribution in [1.29, 1.82) is 5.26 Å². The van der Waals surface area contributed by atoms with Crippen LogP contribution in [-0.4, -0.2) is 40.3 Å². The fourth-order valence-corrected chi connectivity index (χ4v) is 3.27. The minimum Gasteiger partial charge on any atom is -0.482 e. The highest BCUT2D eigenvalue weighted by Crippen LogP contribution is 2.40. The number of rotatable bonds is 4. The summed E-state index contributed by atoms with van der Waals surface area (Å²) in [4.78, 5) is 23.8. The van der Waals surface area contributed by atoms with Crippen LogP contribution in [0.5, 0.6) is 5.75 Å². The van der Waals surface area contributed by atoms with E-state index in [1.54, 1.807) is 6.07 Å². The normalized spacial score (nSPS) is 15.6. The van der Waals surface area contributed by atoms with E-state index in [-0.39, 0.29) is 24.3 Å². The number of nitriles is 1. The van der Waals surface area contributed by atoms with E-state index in [1.807, 2.05) is 6.07 Å². The quantitative estimate of drug-likeness (QED) is 0.856. The van der Waals surface area contributed by atoms with Crippen LogP contribution in [-0.2, 0) is 11.2 Å². The van der Waals surface area contributed by atoms with Gasteiger partial charge < -0.3 is 14.9 Å². The van der Waals surface area contributed by atoms with Gasteiger partial charge in [0.1, 0.15) is 11.6 Å². The maximum atomic E-state index is 14.3. The van der Waals surface area contributed by atoms with Crippen LogP contribution in [0, 0.1) is 17.1 Å². The molecule has 0 radical (unpaired) electrons. The highest BCUT2D eigenvalue weighted by atomic mass is 19.1. The smallest absolute Gasteiger partial charge is 0.408 e. The predicted molar refractivity (Wildman–Crippen MR) is 91.0 cm³/mol. The monoisotopic (exact) mass is 370 g/mol. The molecule has 0 fully saturated rings. The Hall–Kier alpha value is -3.60. The van der Waals surface area contributed by atoms with Gasteiger partial charge in [0.05, 0.1) is 17.7 Å². The molecule has 1 amide bonds. The van der Waals surface area contributed by atoms with E-state index in [9.17, 15) is 24.3 Å². The third kappa shape index (κ3) is 3.53. The fourth-order valence-electron chi connectivity index (χ4n) is 3.27. The molecule has 0 aliphatic carbocycles. The number of hydrogen-bond donors (Lipinski definition) is 2. The number of amides is 1. The summed E-state index contributed by atoms with van der Waals surface area (Å²) in [5, 5.41) is 27.7. The summed E-state index contributed by atoms with van der Waals surface area (Å²) in [5.41, 5.74) is 1.39. The highest BCUT2D eigenvalue weighted by molar-refractivity contribution is 5.70. The SMILES string of the molecule is N#Cc1ccc(OCC(=O)O)c([C@@H]2c3cccc(F)c3CCN2C(=O)O)c1. The lowest BCUT2D eigenvalue weighted by Crippen LogP contribution is -2.40. The van der Waals surface area contributed by atoms with Crippen molar-refractivity contribution in [1.82, 2.24) is 4.90 Å². The second kappa shape index (κ2) is 7.33. The van der Waals surface area contributed by atoms with Crippen LogP contribution in [0.3, 0.4) is 0 Å². The lowest BCUT2D eigenvalue weighted by Gasteiger charge is -2.36. The van der Waals surface area contributed by atoms with E-state index in [0.29, 0.717) is 16.7 Å². The molecule has 0 bridgehead atoms. The second-order valence-electron chi connectivity index (χ2n) is 5.98. The number of aliphatic carboxylic acids is 1. The van der Waals surface area contributed by atoms with Gasteiger partial charge in [0.2, 0.25) is 0 Å². The summed E-state index contributed by atoms with van der Waals surface area (Å²) in [7, 11) is 0. The molecule has 1 heterocycles. The van der Waals surface area contributed by atoms with Crippen LogP contribution >= 0.6 is 0 Å². The van der Waals surface area contributed by atoms with Crippen LogP contribution in [0.2, 0.25) is 0 Å². The van der Waals surface area contributed by atoms with E-state index in [1.165, 1.54) is 30.3 Å². The van der Waals surface area contributed by atoms with Gasteiger partial charge in [-0.2, -0.15) is 5.26 Å². The number of nitrogens with zero attached hydrogens (tertiary/aromatic N) is 2. The summed E-state index contributed by atoms with van der Waals surface area (Å²) in [6, 6.07) is 9.77. The number of carboxylic acid groups (broad SMARTS) is 2. The van der Waals surface area contributed by atoms with Gasteiger partial charge in [-0.25, -0.2) is 14.0 Å². The van der Waals surface area contributed by atoms with E-state index in [4.69, 9.17) is 9.84 Å². The Balaban J connectivity index is 2.19. The minimum absolute atomic E-state index is 0.0586. The Morgan fingerprint density at radius 2 is 2.04 bits per heavy atom. The molecular weight excluding hydrogens is 355 g/mol. The van der Waals surface area contributed by atoms with Crippen LogP contribution in [0.15, 0.2) is 36.4 Å². The Morgan fingerprint density at radius 3 is 2.70 bits per heavy atom. The summed E-state index contributed by atoms with van der Waals surface area (Å²) in [6.45, 7) is -0.572. The first-order valence-electron chi connectivity index (χ1n) is 8.08. The fraction of sp³-hybridized carbons (Fsp3) is 0.211. The van der Waals surface area contributed by atoms with Crippen LogP contribution in [0.4, 0.5) is 9.18 Å². The molecule has 0 unspecified atom stereocenters. The van der Waals surface area contributed by atoms with Gasteiger partial charge in [0.15, 0.2) is 6.61 Å². The number of ether oxygens (including phenoxy) is 1. The summed E-state index contributed by atoms with van der Waals surface area (Å²) >= 11 is 0. The number of fused-ring (bicyclic) bond motifs is 1. The minimum atomic E-state index is -1.21. The third-order valence-electron chi connectivity index (χ3n) is 4.39. The van der Waals surface area contributed by atoms with Gasteiger partial charge in [-0.3, -0.25) is 4.90 Å². The molecule has 27 heavy (non-hydrogen) atoms. The predicted octanol–water partition coefficient (Wildman–Crippen LogP) is 2.79. The number of halogens is 1. The molecule has 1 aliphatic rings. The van der Waals surface area contributed by atoms with Crippen molar-refractivity contribution in [3.8, 4) is 11.8 Å². The molecule has 2 aromatic carbocycles. The van der Waals surface area contributed by atoms with Crippen molar-refractivity contribution < 1.29 is 28.9 Å². The number of carbonyl (C=O) groups is 2. The summed E-state index contributed by atoms with van der Waals surface area (Å²) in [5.74, 6) is -1.51. The van der Waals surface area contributed by atoms with Gasteiger partial charge in [0.25, 0.3) is 0 Å². The zero-order valence-corrected chi connectivity index (χ0v) is 14.1. The Bertz CT molecular complexity index is 954. The molecular formula is C19H15FN2O5. The standard InChI is InChI=1S/C19H15FN2O5/c20-15-3-1-2-13-12(15)6-7-22(19(25)26)18(13)14-8-11(9-21)4-5-16(14)27-10-17(23)24/h1-5,8,18H,6-7,10H2,(H,23,24)(H,25,26)/t18-/m0/s1. The van der Waals surface area contributed by atoms with E-state index < -0.39 is 30.5 Å². The molecule has 1 atom stereocenters. The lowest BCUT2D eigenvalue weighted by atomic mass is 9.87. The van der Waals surface area contributed by atoms with E-state index in [2.05, 4.69) is 0 Å². The molecule has 7 nitrogen and oxygen atoms in total. The average molecular weight is 370 g/mol. The van der Waals surface area contributed by atoms with Crippen molar-refractivity contribution in [2.45, 2.75) is 12.5 Å². The van der Waals surface area contributed by atoms with E-state index in [0.717, 1.165) is 4.90 Å². The molecule has 0 saturated heterocycles. The van der Waals surface area contributed by atoms with Gasteiger partial charge in [0, 0.05) is 12.1 Å². The molecule has 2 N–H and O–H groups in total. The van der Waals surface area contributed by atoms with Crippen LogP contribution in [0.25, 0.3) is 0 Å². The topological polar surface area (TPSA) is 111 Å². The van der Waals surface area contributed by atoms with Gasteiger partial charge in [-0.15, -0.1) is 0 Å². The van der Waals surface area contributed by atoms with E-state index >= 15 is 0 Å². The Kier molecular flexibility index (Phi) is 4.94. The summed E-state index contributed by atoms with van der Waals surface area (Å²) in [6.07, 6.45) is -0.991. The first kappa shape index (κ1) is 18.2. The molecule has 138 valence electrons. The lowest BCUT2D eigenvalue weighted by molar-refractivity contribution is -0.139. The molecule has 1 aliphatic heterocycles. The molecule has 0 aromatic heterocycles. The van der Waals surface area contributed by atoms with Gasteiger partial charge >= 0.3 is 12.1 Å². The summed E-state index contributed by atoms with van der Waals surface area (Å²) < 4.78 is 19.6. The van der Waals surface area contributed by atoms with Crippen molar-refractivity contribution in [2.24, 2.45) is 0 Å². The number of carboxylic acids is 1.